The number of esters is 2. The van der Waals surface area contributed by atoms with Gasteiger partial charge in [0.2, 0.25) is 11.7 Å². The molecule has 206 valence electrons. The lowest BCUT2D eigenvalue weighted by Crippen LogP contribution is -2.45. The van der Waals surface area contributed by atoms with Crippen LogP contribution in [0.4, 0.5) is 0 Å². The molecule has 0 fully saturated rings. The van der Waals surface area contributed by atoms with Crippen LogP contribution in [-0.4, -0.2) is 63.3 Å². The molecule has 4 rings (SSSR count). The van der Waals surface area contributed by atoms with Gasteiger partial charge in [-0.15, -0.1) is 10.2 Å². The zero-order chi connectivity index (χ0) is 27.9. The molecule has 2 unspecified atom stereocenters. The number of tetrazole rings is 1. The zero-order valence-electron chi connectivity index (χ0n) is 22.6. The molecule has 39 heavy (non-hydrogen) atoms. The van der Waals surface area contributed by atoms with Gasteiger partial charge in [-0.1, -0.05) is 32.0 Å². The third-order valence-corrected chi connectivity index (χ3v) is 7.14. The molecule has 0 aliphatic rings. The molecule has 0 spiro atoms. The molecule has 4 aromatic rings. The van der Waals surface area contributed by atoms with E-state index in [1.165, 1.54) is 14.2 Å². The van der Waals surface area contributed by atoms with Gasteiger partial charge in [-0.25, -0.2) is 4.79 Å². The molecule has 2 aromatic carbocycles. The van der Waals surface area contributed by atoms with E-state index >= 15 is 0 Å². The Morgan fingerprint density at radius 2 is 1.79 bits per heavy atom. The molecule has 0 aliphatic heterocycles. The highest BCUT2D eigenvalue weighted by Crippen LogP contribution is 2.33. The minimum atomic E-state index is -1.07. The molecule has 1 amide bonds. The Balaban J connectivity index is 1.47. The van der Waals surface area contributed by atoms with Crippen molar-refractivity contribution in [2.75, 3.05) is 14.2 Å². The maximum atomic E-state index is 13.0. The summed E-state index contributed by atoms with van der Waals surface area (Å²) in [5.74, 6) is -1.02. The number of ether oxygens (including phenoxy) is 2. The van der Waals surface area contributed by atoms with Gasteiger partial charge in [-0.05, 0) is 54.7 Å². The molecular formula is C28H34N6O5. The monoisotopic (exact) mass is 534 g/mol. The minimum absolute atomic E-state index is 0.269. The first-order chi connectivity index (χ1) is 18.9. The van der Waals surface area contributed by atoms with Crippen LogP contribution in [0, 0.1) is 11.8 Å². The number of para-hydroxylation sites is 1. The van der Waals surface area contributed by atoms with Crippen LogP contribution in [0.1, 0.15) is 39.5 Å². The summed E-state index contributed by atoms with van der Waals surface area (Å²) in [4.78, 5) is 36.8. The summed E-state index contributed by atoms with van der Waals surface area (Å²) in [6.45, 7) is 4.89. The Morgan fingerprint density at radius 3 is 2.49 bits per heavy atom. The summed E-state index contributed by atoms with van der Waals surface area (Å²) in [6.07, 6.45) is 1.79. The highest BCUT2D eigenvalue weighted by molar-refractivity contribution is 6.09. The number of aromatic amines is 1. The number of nitrogens with one attached hydrogen (secondary N) is 2. The Labute approximate surface area is 226 Å². The Bertz CT molecular complexity index is 1450. The lowest BCUT2D eigenvalue weighted by molar-refractivity contribution is -0.151. The van der Waals surface area contributed by atoms with Crippen molar-refractivity contribution >= 4 is 39.7 Å². The van der Waals surface area contributed by atoms with Crippen molar-refractivity contribution < 1.29 is 23.9 Å². The lowest BCUT2D eigenvalue weighted by Gasteiger charge is -2.21. The Morgan fingerprint density at radius 1 is 1.03 bits per heavy atom. The number of nitrogens with zero attached hydrogens (tertiary/aromatic N) is 4. The normalized spacial score (nSPS) is 13.6. The van der Waals surface area contributed by atoms with E-state index in [1.807, 2.05) is 25.1 Å². The molecule has 0 radical (unpaired) electrons. The number of aromatic nitrogens is 5. The predicted molar refractivity (Wildman–Crippen MR) is 145 cm³/mol. The minimum Gasteiger partial charge on any atom is -0.469 e. The van der Waals surface area contributed by atoms with Gasteiger partial charge in [0.25, 0.3) is 0 Å². The first-order valence-electron chi connectivity index (χ1n) is 13.1. The number of amides is 1. The number of H-pyrrole nitrogens is 1. The molecule has 3 atom stereocenters. The van der Waals surface area contributed by atoms with E-state index in [0.29, 0.717) is 18.7 Å². The van der Waals surface area contributed by atoms with Gasteiger partial charge in [0.15, 0.2) is 0 Å². The second-order valence-electron chi connectivity index (χ2n) is 9.75. The van der Waals surface area contributed by atoms with E-state index in [2.05, 4.69) is 66.4 Å². The van der Waals surface area contributed by atoms with Crippen molar-refractivity contribution in [2.45, 2.75) is 52.1 Å². The number of carbonyl (C=O) groups is 3. The smallest absolute Gasteiger partial charge is 0.328 e. The maximum absolute atomic E-state index is 13.0. The topological polar surface area (TPSA) is 141 Å². The van der Waals surface area contributed by atoms with E-state index in [0.717, 1.165) is 40.3 Å². The second kappa shape index (κ2) is 12.5. The van der Waals surface area contributed by atoms with Crippen LogP contribution in [0.15, 0.2) is 42.5 Å². The molecule has 0 bridgehead atoms. The van der Waals surface area contributed by atoms with E-state index in [-0.39, 0.29) is 24.2 Å². The van der Waals surface area contributed by atoms with Gasteiger partial charge in [0.1, 0.15) is 6.04 Å². The van der Waals surface area contributed by atoms with Crippen LogP contribution < -0.4 is 5.32 Å². The second-order valence-corrected chi connectivity index (χ2v) is 9.75. The summed E-state index contributed by atoms with van der Waals surface area (Å²) in [5, 5.41) is 19.3. The molecule has 2 aromatic heterocycles. The van der Waals surface area contributed by atoms with Crippen molar-refractivity contribution in [3.63, 3.8) is 0 Å². The maximum Gasteiger partial charge on any atom is 0.328 e. The fourth-order valence-electron chi connectivity index (χ4n) is 4.96. The Kier molecular flexibility index (Phi) is 8.90. The molecule has 11 nitrogen and oxygen atoms in total. The van der Waals surface area contributed by atoms with Gasteiger partial charge >= 0.3 is 11.9 Å². The zero-order valence-corrected chi connectivity index (χ0v) is 22.6. The number of benzene rings is 2. The number of carbonyl (C=O) groups excluding carboxylic acids is 3. The van der Waals surface area contributed by atoms with E-state index in [1.54, 1.807) is 0 Å². The molecule has 2 heterocycles. The summed E-state index contributed by atoms with van der Waals surface area (Å²) < 4.78 is 11.7. The third kappa shape index (κ3) is 6.24. The number of rotatable bonds is 12. The van der Waals surface area contributed by atoms with Crippen LogP contribution in [0.2, 0.25) is 0 Å². The van der Waals surface area contributed by atoms with Crippen LogP contribution in [0.3, 0.4) is 0 Å². The predicted octanol–water partition coefficient (Wildman–Crippen LogP) is 3.64. The Hall–Kier alpha value is -4.28. The van der Waals surface area contributed by atoms with E-state index in [9.17, 15) is 14.4 Å². The molecule has 0 saturated heterocycles. The first kappa shape index (κ1) is 27.7. The summed E-state index contributed by atoms with van der Waals surface area (Å²) in [6, 6.07) is 13.4. The summed E-state index contributed by atoms with van der Waals surface area (Å²) in [7, 11) is 2.46. The fraction of sp³-hybridized carbons (Fsp3) is 0.429. The molecule has 0 aliphatic carbocycles. The van der Waals surface area contributed by atoms with Gasteiger partial charge in [-0.2, -0.15) is 5.21 Å². The van der Waals surface area contributed by atoms with Gasteiger partial charge < -0.3 is 19.4 Å². The summed E-state index contributed by atoms with van der Waals surface area (Å²) in [5.41, 5.74) is 3.14. The highest BCUT2D eigenvalue weighted by Gasteiger charge is 2.28. The fourth-order valence-corrected chi connectivity index (χ4v) is 4.96. The number of methoxy groups -OCH3 is 2. The number of fused-ring (bicyclic) bond motifs is 3. The average Bonchev–Trinajstić information content (AvgIpc) is 3.59. The SMILES string of the molecule is CCC(CCC(C)Cn1c2ccccc2c2cc(-c3nn[nH]n3)ccc21)C(=O)N[C@@H](CC(=O)OC)C(=O)OC. The number of hydrogen-bond acceptors (Lipinski definition) is 8. The molecule has 0 saturated carbocycles. The van der Waals surface area contributed by atoms with Gasteiger partial charge in [-0.3, -0.25) is 9.59 Å². The summed E-state index contributed by atoms with van der Waals surface area (Å²) >= 11 is 0. The average molecular weight is 535 g/mol. The van der Waals surface area contributed by atoms with Crippen LogP contribution in [-0.2, 0) is 30.4 Å². The van der Waals surface area contributed by atoms with Gasteiger partial charge in [0, 0.05) is 39.8 Å². The van der Waals surface area contributed by atoms with Gasteiger partial charge in [0.05, 0.1) is 20.6 Å². The van der Waals surface area contributed by atoms with E-state index < -0.39 is 18.0 Å². The number of hydrogen-bond donors (Lipinski definition) is 2. The van der Waals surface area contributed by atoms with Crippen LogP contribution >= 0.6 is 0 Å². The molecule has 2 N–H and O–H groups in total. The van der Waals surface area contributed by atoms with Crippen molar-refractivity contribution in [2.24, 2.45) is 11.8 Å². The molecular weight excluding hydrogens is 500 g/mol. The largest absolute Gasteiger partial charge is 0.469 e. The first-order valence-corrected chi connectivity index (χ1v) is 13.1. The van der Waals surface area contributed by atoms with Crippen molar-refractivity contribution in [3.05, 3.63) is 42.5 Å². The van der Waals surface area contributed by atoms with Crippen molar-refractivity contribution in [1.82, 2.24) is 30.5 Å². The van der Waals surface area contributed by atoms with Crippen LogP contribution in [0.5, 0.6) is 0 Å². The molecule has 11 heteroatoms. The highest BCUT2D eigenvalue weighted by atomic mass is 16.5. The quantitative estimate of drug-likeness (QED) is 0.263. The van der Waals surface area contributed by atoms with Crippen molar-refractivity contribution in [3.8, 4) is 11.4 Å². The third-order valence-electron chi connectivity index (χ3n) is 7.14. The van der Waals surface area contributed by atoms with E-state index in [4.69, 9.17) is 4.74 Å². The standard InChI is InChI=1S/C28H34N6O5/c1-5-18(27(36)29-22(28(37)39-4)15-25(35)38-3)11-10-17(2)16-34-23-9-7-6-8-20(23)21-14-19(12-13-24(21)34)26-30-32-33-31-26/h6-9,12-14,17-18,22H,5,10-11,15-16H2,1-4H3,(H,29,36)(H,30,31,32,33)/t17?,18?,22-/m0/s1. The lowest BCUT2D eigenvalue weighted by atomic mass is 9.93. The van der Waals surface area contributed by atoms with Crippen LogP contribution in [0.25, 0.3) is 33.2 Å². The van der Waals surface area contributed by atoms with Crippen molar-refractivity contribution in [1.29, 1.82) is 0 Å².